The van der Waals surface area contributed by atoms with Gasteiger partial charge in [-0.1, -0.05) is 12.7 Å². The highest BCUT2D eigenvalue weighted by atomic mass is 19.4. The zero-order valence-corrected chi connectivity index (χ0v) is 17.0. The van der Waals surface area contributed by atoms with Crippen molar-refractivity contribution in [1.29, 1.82) is 0 Å². The van der Waals surface area contributed by atoms with Gasteiger partial charge in [0.15, 0.2) is 0 Å². The molecule has 10 heteroatoms. The van der Waals surface area contributed by atoms with E-state index in [9.17, 15) is 18.0 Å². The zero-order chi connectivity index (χ0) is 23.1. The molecular weight excluding hydrogens is 421 g/mol. The maximum absolute atomic E-state index is 12.9. The number of aromatic nitrogens is 4. The van der Waals surface area contributed by atoms with E-state index < -0.39 is 11.9 Å². The number of imidazole rings is 1. The standard InChI is InChI=1S/C22H19F3N6O/c1-3-5-17(26-4-2)16-6-7-20(28-11-16)30-21(32)13-31-12-18(29-14-31)15-8-9-27-19(10-15)22(23,24)25/h3-12,14H,2,13H2,1H3,(H,28,30,32)/b5-3-,26-17+. The number of anilines is 1. The lowest BCUT2D eigenvalue weighted by molar-refractivity contribution is -0.141. The van der Waals surface area contributed by atoms with Crippen molar-refractivity contribution in [2.24, 2.45) is 4.99 Å². The second-order valence-electron chi connectivity index (χ2n) is 6.54. The molecule has 164 valence electrons. The number of halogens is 3. The third-order valence-electron chi connectivity index (χ3n) is 4.19. The van der Waals surface area contributed by atoms with E-state index in [-0.39, 0.29) is 18.0 Å². The van der Waals surface area contributed by atoms with Crippen LogP contribution in [0.5, 0.6) is 0 Å². The minimum atomic E-state index is -4.55. The van der Waals surface area contributed by atoms with E-state index in [1.165, 1.54) is 29.4 Å². The summed E-state index contributed by atoms with van der Waals surface area (Å²) in [6.07, 6.45) is 6.04. The van der Waals surface area contributed by atoms with E-state index in [2.05, 4.69) is 31.8 Å². The average molecular weight is 440 g/mol. The molecule has 0 atom stereocenters. The molecule has 0 saturated heterocycles. The minimum Gasteiger partial charge on any atom is -0.327 e. The van der Waals surface area contributed by atoms with Gasteiger partial charge in [-0.05, 0) is 37.3 Å². The van der Waals surface area contributed by atoms with Gasteiger partial charge in [0.05, 0.1) is 17.7 Å². The Morgan fingerprint density at radius 3 is 2.72 bits per heavy atom. The maximum atomic E-state index is 12.9. The van der Waals surface area contributed by atoms with Gasteiger partial charge in [0.2, 0.25) is 5.91 Å². The molecule has 3 aromatic heterocycles. The second kappa shape index (κ2) is 9.82. The van der Waals surface area contributed by atoms with Crippen LogP contribution in [-0.4, -0.2) is 31.1 Å². The molecule has 3 aromatic rings. The zero-order valence-electron chi connectivity index (χ0n) is 17.0. The summed E-state index contributed by atoms with van der Waals surface area (Å²) in [6.45, 7) is 5.36. The lowest BCUT2D eigenvalue weighted by atomic mass is 10.1. The van der Waals surface area contributed by atoms with Crippen LogP contribution in [0.3, 0.4) is 0 Å². The van der Waals surface area contributed by atoms with E-state index in [0.717, 1.165) is 17.8 Å². The van der Waals surface area contributed by atoms with E-state index in [1.54, 1.807) is 18.3 Å². The summed E-state index contributed by atoms with van der Waals surface area (Å²) < 4.78 is 40.0. The fourth-order valence-corrected chi connectivity index (χ4v) is 2.78. The van der Waals surface area contributed by atoms with Crippen molar-refractivity contribution in [1.82, 2.24) is 19.5 Å². The Balaban J connectivity index is 1.66. The molecule has 7 nitrogen and oxygen atoms in total. The van der Waals surface area contributed by atoms with Crippen LogP contribution in [0.1, 0.15) is 18.2 Å². The van der Waals surface area contributed by atoms with Crippen LogP contribution in [0.25, 0.3) is 11.3 Å². The minimum absolute atomic E-state index is 0.0879. The first-order valence-corrected chi connectivity index (χ1v) is 9.43. The highest BCUT2D eigenvalue weighted by Crippen LogP contribution is 2.29. The highest BCUT2D eigenvalue weighted by Gasteiger charge is 2.32. The predicted octanol–water partition coefficient (Wildman–Crippen LogP) is 4.51. The van der Waals surface area contributed by atoms with Crippen molar-refractivity contribution in [3.05, 3.63) is 85.4 Å². The smallest absolute Gasteiger partial charge is 0.327 e. The lowest BCUT2D eigenvalue weighted by Gasteiger charge is -2.07. The van der Waals surface area contributed by atoms with Crippen LogP contribution in [0.4, 0.5) is 19.0 Å². The van der Waals surface area contributed by atoms with Gasteiger partial charge in [0, 0.05) is 35.9 Å². The molecule has 3 rings (SSSR count). The highest BCUT2D eigenvalue weighted by molar-refractivity contribution is 6.08. The number of allylic oxidation sites excluding steroid dienone is 2. The van der Waals surface area contributed by atoms with Gasteiger partial charge in [-0.3, -0.25) is 14.8 Å². The first-order valence-electron chi connectivity index (χ1n) is 9.43. The summed E-state index contributed by atoms with van der Waals surface area (Å²) >= 11 is 0. The van der Waals surface area contributed by atoms with Crippen LogP contribution >= 0.6 is 0 Å². The monoisotopic (exact) mass is 440 g/mol. The third-order valence-corrected chi connectivity index (χ3v) is 4.19. The largest absolute Gasteiger partial charge is 0.433 e. The average Bonchev–Trinajstić information content (AvgIpc) is 3.22. The van der Waals surface area contributed by atoms with Gasteiger partial charge in [0.25, 0.3) is 0 Å². The molecule has 0 aliphatic heterocycles. The van der Waals surface area contributed by atoms with Gasteiger partial charge in [0.1, 0.15) is 18.1 Å². The number of rotatable bonds is 7. The summed E-state index contributed by atoms with van der Waals surface area (Å²) in [6, 6.07) is 5.74. The number of carbonyl (C=O) groups is 1. The molecule has 1 N–H and O–H groups in total. The third kappa shape index (κ3) is 5.75. The quantitative estimate of drug-likeness (QED) is 0.548. The van der Waals surface area contributed by atoms with Crippen molar-refractivity contribution < 1.29 is 18.0 Å². The Morgan fingerprint density at radius 1 is 1.25 bits per heavy atom. The molecule has 0 saturated carbocycles. The van der Waals surface area contributed by atoms with Crippen molar-refractivity contribution >= 4 is 17.4 Å². The first kappa shape index (κ1) is 22.6. The number of hydrogen-bond acceptors (Lipinski definition) is 5. The second-order valence-corrected chi connectivity index (χ2v) is 6.54. The molecule has 0 spiro atoms. The number of pyridine rings is 2. The maximum Gasteiger partial charge on any atom is 0.433 e. The van der Waals surface area contributed by atoms with E-state index in [4.69, 9.17) is 0 Å². The summed E-state index contributed by atoms with van der Waals surface area (Å²) in [5, 5.41) is 2.66. The molecule has 0 fully saturated rings. The van der Waals surface area contributed by atoms with Gasteiger partial charge >= 0.3 is 6.18 Å². The van der Waals surface area contributed by atoms with Crippen LogP contribution in [-0.2, 0) is 17.5 Å². The fourth-order valence-electron chi connectivity index (χ4n) is 2.78. The Kier molecular flexibility index (Phi) is 6.93. The number of nitrogens with one attached hydrogen (secondary N) is 1. The van der Waals surface area contributed by atoms with Crippen molar-refractivity contribution in [3.8, 4) is 11.3 Å². The van der Waals surface area contributed by atoms with Crippen LogP contribution in [0.15, 0.2) is 79.1 Å². The number of alkyl halides is 3. The number of amides is 1. The SMILES string of the molecule is C=C/N=C(\C=C/C)c1ccc(NC(=O)Cn2cnc(-c3ccnc(C(F)(F)F)c3)c2)nc1. The van der Waals surface area contributed by atoms with Crippen LogP contribution < -0.4 is 5.32 Å². The molecule has 1 amide bonds. The number of carbonyl (C=O) groups excluding carboxylic acids is 1. The summed E-state index contributed by atoms with van der Waals surface area (Å²) in [7, 11) is 0. The molecule has 0 bridgehead atoms. The summed E-state index contributed by atoms with van der Waals surface area (Å²) in [5.41, 5.74) is 0.986. The molecule has 3 heterocycles. The van der Waals surface area contributed by atoms with Crippen molar-refractivity contribution in [2.75, 3.05) is 5.32 Å². The fraction of sp³-hybridized carbons (Fsp3) is 0.136. The van der Waals surface area contributed by atoms with Gasteiger partial charge in [-0.2, -0.15) is 13.2 Å². The Labute approximate surface area is 182 Å². The molecule has 0 aliphatic carbocycles. The summed E-state index contributed by atoms with van der Waals surface area (Å²) in [4.78, 5) is 28.1. The van der Waals surface area contributed by atoms with Crippen molar-refractivity contribution in [3.63, 3.8) is 0 Å². The molecule has 0 aliphatic rings. The first-order chi connectivity index (χ1) is 15.3. The van der Waals surface area contributed by atoms with E-state index >= 15 is 0 Å². The lowest BCUT2D eigenvalue weighted by Crippen LogP contribution is -2.18. The van der Waals surface area contributed by atoms with Gasteiger partial charge in [-0.15, -0.1) is 0 Å². The normalized spacial score (nSPS) is 12.2. The Hall–Kier alpha value is -4.08. The Morgan fingerprint density at radius 2 is 2.06 bits per heavy atom. The van der Waals surface area contributed by atoms with E-state index in [0.29, 0.717) is 17.2 Å². The van der Waals surface area contributed by atoms with Gasteiger partial charge < -0.3 is 9.88 Å². The van der Waals surface area contributed by atoms with Crippen molar-refractivity contribution in [2.45, 2.75) is 19.6 Å². The van der Waals surface area contributed by atoms with Crippen LogP contribution in [0, 0.1) is 0 Å². The Bertz CT molecular complexity index is 1160. The van der Waals surface area contributed by atoms with Crippen LogP contribution in [0.2, 0.25) is 0 Å². The molecule has 0 radical (unpaired) electrons. The predicted molar refractivity (Wildman–Crippen MR) is 115 cm³/mol. The van der Waals surface area contributed by atoms with Gasteiger partial charge in [-0.25, -0.2) is 9.97 Å². The topological polar surface area (TPSA) is 85.1 Å². The molecule has 32 heavy (non-hydrogen) atoms. The molecule has 0 unspecified atom stereocenters. The number of nitrogens with zero attached hydrogens (tertiary/aromatic N) is 5. The summed E-state index contributed by atoms with van der Waals surface area (Å²) in [5.74, 6) is -0.0187. The number of hydrogen-bond donors (Lipinski definition) is 1. The van der Waals surface area contributed by atoms with E-state index in [1.807, 2.05) is 19.1 Å². The number of aliphatic imine (C=N–C) groups is 1. The molecular formula is C22H19F3N6O. The molecule has 0 aromatic carbocycles.